The largest absolute Gasteiger partial charge is 0.493 e. The average Bonchev–Trinajstić information content (AvgIpc) is 3.05. The minimum absolute atomic E-state index is 0.133. The molecule has 24 heavy (non-hydrogen) atoms. The van der Waals surface area contributed by atoms with Crippen molar-refractivity contribution in [3.63, 3.8) is 0 Å². The van der Waals surface area contributed by atoms with Gasteiger partial charge in [0.15, 0.2) is 0 Å². The number of nitrogens with one attached hydrogen (secondary N) is 1. The Morgan fingerprint density at radius 2 is 1.88 bits per heavy atom. The van der Waals surface area contributed by atoms with Crippen molar-refractivity contribution in [1.29, 1.82) is 0 Å². The second-order valence-corrected chi connectivity index (χ2v) is 6.53. The summed E-state index contributed by atoms with van der Waals surface area (Å²) in [7, 11) is 0. The van der Waals surface area contributed by atoms with E-state index in [2.05, 4.69) is 5.32 Å². The van der Waals surface area contributed by atoms with Gasteiger partial charge in [-0.3, -0.25) is 4.79 Å². The fourth-order valence-corrected chi connectivity index (χ4v) is 3.40. The highest BCUT2D eigenvalue weighted by molar-refractivity contribution is 7.19. The molecule has 124 valence electrons. The zero-order chi connectivity index (χ0) is 16.8. The fourth-order valence-electron chi connectivity index (χ4n) is 2.34. The van der Waals surface area contributed by atoms with Crippen molar-refractivity contribution in [2.45, 2.75) is 12.5 Å². The van der Waals surface area contributed by atoms with E-state index in [1.807, 2.05) is 60.7 Å². The molecule has 4 nitrogen and oxygen atoms in total. The summed E-state index contributed by atoms with van der Waals surface area (Å²) in [5.41, 5.74) is 0. The maximum atomic E-state index is 11.8. The van der Waals surface area contributed by atoms with E-state index < -0.39 is 6.10 Å². The first kappa shape index (κ1) is 16.5. The van der Waals surface area contributed by atoms with Crippen LogP contribution in [0.5, 0.6) is 5.75 Å². The quantitative estimate of drug-likeness (QED) is 0.691. The number of hydrogen-bond donors (Lipinski definition) is 2. The third kappa shape index (κ3) is 4.34. The summed E-state index contributed by atoms with van der Waals surface area (Å²) < 4.78 is 6.62. The lowest BCUT2D eigenvalue weighted by atomic mass is 10.2. The molecule has 1 amide bonds. The second kappa shape index (κ2) is 7.95. The van der Waals surface area contributed by atoms with E-state index in [-0.39, 0.29) is 18.9 Å². The summed E-state index contributed by atoms with van der Waals surface area (Å²) >= 11 is 1.55. The highest BCUT2D eigenvalue weighted by atomic mass is 32.1. The maximum absolute atomic E-state index is 11.8. The summed E-state index contributed by atoms with van der Waals surface area (Å²) in [5, 5.41) is 14.1. The van der Waals surface area contributed by atoms with Gasteiger partial charge in [0.1, 0.15) is 11.9 Å². The topological polar surface area (TPSA) is 58.6 Å². The molecule has 0 fully saturated rings. The van der Waals surface area contributed by atoms with Crippen LogP contribution in [0.25, 0.3) is 10.1 Å². The van der Waals surface area contributed by atoms with Gasteiger partial charge in [0.2, 0.25) is 5.91 Å². The van der Waals surface area contributed by atoms with Crippen molar-refractivity contribution in [3.05, 3.63) is 65.5 Å². The molecular weight excluding hydrogens is 322 g/mol. The molecule has 3 aromatic rings. The molecule has 3 rings (SSSR count). The number of aliphatic hydroxyl groups is 1. The number of carbonyl (C=O) groups is 1. The molecule has 5 heteroatoms. The van der Waals surface area contributed by atoms with Crippen molar-refractivity contribution in [1.82, 2.24) is 5.32 Å². The highest BCUT2D eigenvalue weighted by Gasteiger charge is 2.12. The predicted molar refractivity (Wildman–Crippen MR) is 96.3 cm³/mol. The van der Waals surface area contributed by atoms with Gasteiger partial charge < -0.3 is 15.2 Å². The van der Waals surface area contributed by atoms with Crippen LogP contribution in [0.1, 0.15) is 17.4 Å². The summed E-state index contributed by atoms with van der Waals surface area (Å²) in [6.45, 7) is 0.520. The molecule has 0 spiro atoms. The van der Waals surface area contributed by atoms with E-state index in [0.717, 1.165) is 20.7 Å². The van der Waals surface area contributed by atoms with Crippen LogP contribution in [-0.4, -0.2) is 24.2 Å². The summed E-state index contributed by atoms with van der Waals surface area (Å²) in [6.07, 6.45) is -0.435. The van der Waals surface area contributed by atoms with Gasteiger partial charge in [-0.25, -0.2) is 0 Å². The minimum Gasteiger partial charge on any atom is -0.493 e. The van der Waals surface area contributed by atoms with Crippen LogP contribution in [0.4, 0.5) is 0 Å². The van der Waals surface area contributed by atoms with Crippen LogP contribution in [0, 0.1) is 0 Å². The molecule has 2 aromatic carbocycles. The van der Waals surface area contributed by atoms with Gasteiger partial charge in [0, 0.05) is 16.1 Å². The molecule has 0 aliphatic heterocycles. The first-order valence-corrected chi connectivity index (χ1v) is 8.65. The van der Waals surface area contributed by atoms with Crippen LogP contribution in [0.3, 0.4) is 0 Å². The lowest BCUT2D eigenvalue weighted by Crippen LogP contribution is -2.29. The van der Waals surface area contributed by atoms with Gasteiger partial charge in [0.05, 0.1) is 13.0 Å². The third-order valence-electron chi connectivity index (χ3n) is 3.61. The number of rotatable bonds is 7. The summed E-state index contributed by atoms with van der Waals surface area (Å²) in [5.74, 6) is 0.613. The monoisotopic (exact) mass is 341 g/mol. The molecule has 1 unspecified atom stereocenters. The number of hydrogen-bond acceptors (Lipinski definition) is 4. The van der Waals surface area contributed by atoms with E-state index in [0.29, 0.717) is 6.61 Å². The summed E-state index contributed by atoms with van der Waals surface area (Å²) in [4.78, 5) is 12.7. The maximum Gasteiger partial charge on any atom is 0.223 e. The molecule has 0 aliphatic carbocycles. The highest BCUT2D eigenvalue weighted by Crippen LogP contribution is 2.29. The molecule has 0 bridgehead atoms. The molecule has 0 saturated heterocycles. The molecule has 2 N–H and O–H groups in total. The van der Waals surface area contributed by atoms with Crippen molar-refractivity contribution >= 4 is 27.3 Å². The Hall–Kier alpha value is -2.37. The molecule has 1 atom stereocenters. The number of para-hydroxylation sites is 1. The van der Waals surface area contributed by atoms with E-state index in [4.69, 9.17) is 4.74 Å². The number of aliphatic hydroxyl groups excluding tert-OH is 1. The number of fused-ring (bicyclic) bond motifs is 1. The minimum atomic E-state index is -0.693. The standard InChI is InChI=1S/C19H19NO3S/c21-16(18-12-14-6-4-5-9-17(14)24-18)13-20-19(22)10-11-23-15-7-2-1-3-8-15/h1-9,12,16,21H,10-11,13H2,(H,20,22). The van der Waals surface area contributed by atoms with Crippen LogP contribution in [-0.2, 0) is 4.79 Å². The van der Waals surface area contributed by atoms with Crippen LogP contribution in [0.15, 0.2) is 60.7 Å². The Balaban J connectivity index is 1.43. The van der Waals surface area contributed by atoms with E-state index in [9.17, 15) is 9.90 Å². The van der Waals surface area contributed by atoms with Crippen molar-refractivity contribution in [2.75, 3.05) is 13.2 Å². The summed E-state index contributed by atoms with van der Waals surface area (Å²) in [6, 6.07) is 19.3. The first-order chi connectivity index (χ1) is 11.7. The van der Waals surface area contributed by atoms with Crippen LogP contribution < -0.4 is 10.1 Å². The van der Waals surface area contributed by atoms with E-state index in [1.54, 1.807) is 11.3 Å². The molecule has 0 aliphatic rings. The van der Waals surface area contributed by atoms with Crippen LogP contribution >= 0.6 is 11.3 Å². The molecule has 0 saturated carbocycles. The van der Waals surface area contributed by atoms with Gasteiger partial charge in [-0.05, 0) is 29.7 Å². The number of thiophene rings is 1. The van der Waals surface area contributed by atoms with Gasteiger partial charge in [-0.15, -0.1) is 11.3 Å². The Morgan fingerprint density at radius 1 is 1.12 bits per heavy atom. The van der Waals surface area contributed by atoms with Gasteiger partial charge in [-0.2, -0.15) is 0 Å². The number of benzene rings is 2. The van der Waals surface area contributed by atoms with Crippen molar-refractivity contribution in [2.24, 2.45) is 0 Å². The Bertz CT molecular complexity index is 767. The number of amides is 1. The molecule has 1 aromatic heterocycles. The third-order valence-corrected chi connectivity index (χ3v) is 4.82. The van der Waals surface area contributed by atoms with Gasteiger partial charge >= 0.3 is 0 Å². The molecular formula is C19H19NO3S. The van der Waals surface area contributed by atoms with Crippen LogP contribution in [0.2, 0.25) is 0 Å². The molecule has 0 radical (unpaired) electrons. The zero-order valence-corrected chi connectivity index (χ0v) is 14.0. The fraction of sp³-hybridized carbons (Fsp3) is 0.211. The SMILES string of the molecule is O=C(CCOc1ccccc1)NCC(O)c1cc2ccccc2s1. The lowest BCUT2D eigenvalue weighted by Gasteiger charge is -2.10. The zero-order valence-electron chi connectivity index (χ0n) is 13.1. The second-order valence-electron chi connectivity index (χ2n) is 5.42. The number of carbonyl (C=O) groups excluding carboxylic acids is 1. The van der Waals surface area contributed by atoms with Crippen molar-refractivity contribution < 1.29 is 14.6 Å². The Labute approximate surface area is 144 Å². The van der Waals surface area contributed by atoms with E-state index >= 15 is 0 Å². The Kier molecular flexibility index (Phi) is 5.46. The average molecular weight is 341 g/mol. The lowest BCUT2D eigenvalue weighted by molar-refractivity contribution is -0.122. The first-order valence-electron chi connectivity index (χ1n) is 7.83. The molecule has 1 heterocycles. The normalized spacial score (nSPS) is 12.0. The van der Waals surface area contributed by atoms with Gasteiger partial charge in [0.25, 0.3) is 0 Å². The Morgan fingerprint density at radius 3 is 2.67 bits per heavy atom. The van der Waals surface area contributed by atoms with E-state index in [1.165, 1.54) is 0 Å². The number of ether oxygens (including phenoxy) is 1. The predicted octanol–water partition coefficient (Wildman–Crippen LogP) is 3.52. The van der Waals surface area contributed by atoms with Crippen molar-refractivity contribution in [3.8, 4) is 5.75 Å². The smallest absolute Gasteiger partial charge is 0.223 e. The van der Waals surface area contributed by atoms with Gasteiger partial charge in [-0.1, -0.05) is 36.4 Å².